The molecule has 1 aromatic rings. The molecule has 2 rings (SSSR count). The van der Waals surface area contributed by atoms with Crippen LogP contribution < -0.4 is 10.5 Å². The standard InChI is InChI=1S/C13H18N2O2/c1-17-12-7-3-2-6-11(12)13(16)15-8-4-5-10(15)9-14/h2-3,6-7,10H,4-5,8-9,14H2,1H3. The molecule has 1 fully saturated rings. The molecule has 4 heteroatoms. The molecule has 1 aromatic carbocycles. The van der Waals surface area contributed by atoms with Crippen molar-refractivity contribution in [1.82, 2.24) is 4.90 Å². The molecule has 4 nitrogen and oxygen atoms in total. The van der Waals surface area contributed by atoms with Gasteiger partial charge in [0, 0.05) is 19.1 Å². The normalized spacial score (nSPS) is 19.4. The Morgan fingerprint density at radius 3 is 3.00 bits per heavy atom. The molecule has 1 aliphatic rings. The average Bonchev–Trinajstić information content (AvgIpc) is 2.86. The number of likely N-dealkylation sites (tertiary alicyclic amines) is 1. The summed E-state index contributed by atoms with van der Waals surface area (Å²) < 4.78 is 5.22. The number of rotatable bonds is 3. The van der Waals surface area contributed by atoms with Crippen LogP contribution in [0, 0.1) is 0 Å². The monoisotopic (exact) mass is 234 g/mol. The van der Waals surface area contributed by atoms with Crippen LogP contribution in [-0.2, 0) is 0 Å². The number of hydrogen-bond acceptors (Lipinski definition) is 3. The van der Waals surface area contributed by atoms with Crippen LogP contribution in [0.4, 0.5) is 0 Å². The van der Waals surface area contributed by atoms with Gasteiger partial charge >= 0.3 is 0 Å². The predicted molar refractivity (Wildman–Crippen MR) is 66.1 cm³/mol. The lowest BCUT2D eigenvalue weighted by Gasteiger charge is -2.24. The molecule has 0 aliphatic carbocycles. The van der Waals surface area contributed by atoms with Crippen LogP contribution in [0.25, 0.3) is 0 Å². The number of amides is 1. The highest BCUT2D eigenvalue weighted by molar-refractivity contribution is 5.97. The van der Waals surface area contributed by atoms with Crippen LogP contribution in [-0.4, -0.2) is 37.0 Å². The van der Waals surface area contributed by atoms with Crippen LogP contribution in [0.15, 0.2) is 24.3 Å². The van der Waals surface area contributed by atoms with Crippen LogP contribution >= 0.6 is 0 Å². The van der Waals surface area contributed by atoms with E-state index < -0.39 is 0 Å². The fourth-order valence-corrected chi connectivity index (χ4v) is 2.32. The molecule has 2 N–H and O–H groups in total. The third kappa shape index (κ3) is 2.26. The summed E-state index contributed by atoms with van der Waals surface area (Å²) in [5.41, 5.74) is 6.31. The molecule has 0 spiro atoms. The second kappa shape index (κ2) is 5.19. The molecule has 1 unspecified atom stereocenters. The fraction of sp³-hybridized carbons (Fsp3) is 0.462. The summed E-state index contributed by atoms with van der Waals surface area (Å²) in [6.07, 6.45) is 2.03. The second-order valence-electron chi connectivity index (χ2n) is 4.23. The first-order valence-corrected chi connectivity index (χ1v) is 5.92. The number of hydrogen-bond donors (Lipinski definition) is 1. The average molecular weight is 234 g/mol. The number of nitrogens with zero attached hydrogens (tertiary/aromatic N) is 1. The van der Waals surface area contributed by atoms with Gasteiger partial charge in [-0.2, -0.15) is 0 Å². The lowest BCUT2D eigenvalue weighted by molar-refractivity contribution is 0.0738. The lowest BCUT2D eigenvalue weighted by atomic mass is 10.1. The van der Waals surface area contributed by atoms with Crippen molar-refractivity contribution in [3.63, 3.8) is 0 Å². The second-order valence-corrected chi connectivity index (χ2v) is 4.23. The van der Waals surface area contributed by atoms with Gasteiger partial charge in [0.15, 0.2) is 0 Å². The Bertz CT molecular complexity index is 406. The minimum Gasteiger partial charge on any atom is -0.496 e. The van der Waals surface area contributed by atoms with E-state index in [1.807, 2.05) is 17.0 Å². The SMILES string of the molecule is COc1ccccc1C(=O)N1CCCC1CN. The van der Waals surface area contributed by atoms with Crippen molar-refractivity contribution in [1.29, 1.82) is 0 Å². The quantitative estimate of drug-likeness (QED) is 0.856. The van der Waals surface area contributed by atoms with Gasteiger partial charge in [-0.05, 0) is 25.0 Å². The van der Waals surface area contributed by atoms with Gasteiger partial charge in [-0.3, -0.25) is 4.79 Å². The van der Waals surface area contributed by atoms with Gasteiger partial charge in [-0.25, -0.2) is 0 Å². The maximum Gasteiger partial charge on any atom is 0.257 e. The topological polar surface area (TPSA) is 55.6 Å². The van der Waals surface area contributed by atoms with E-state index in [2.05, 4.69) is 0 Å². The highest BCUT2D eigenvalue weighted by Gasteiger charge is 2.29. The zero-order chi connectivity index (χ0) is 12.3. The van der Waals surface area contributed by atoms with Crippen LogP contribution in [0.1, 0.15) is 23.2 Å². The number of carbonyl (C=O) groups excluding carboxylic acids is 1. The summed E-state index contributed by atoms with van der Waals surface area (Å²) in [4.78, 5) is 14.2. The minimum atomic E-state index is 0.0235. The van der Waals surface area contributed by atoms with Crippen LogP contribution in [0.5, 0.6) is 5.75 Å². The Morgan fingerprint density at radius 2 is 2.29 bits per heavy atom. The zero-order valence-corrected chi connectivity index (χ0v) is 10.1. The molecular weight excluding hydrogens is 216 g/mol. The Labute approximate surface area is 101 Å². The highest BCUT2D eigenvalue weighted by atomic mass is 16.5. The van der Waals surface area contributed by atoms with E-state index in [0.29, 0.717) is 17.9 Å². The van der Waals surface area contributed by atoms with Gasteiger partial charge in [0.2, 0.25) is 0 Å². The van der Waals surface area contributed by atoms with E-state index in [-0.39, 0.29) is 11.9 Å². The first kappa shape index (κ1) is 11.9. The Balaban J connectivity index is 2.24. The van der Waals surface area contributed by atoms with Crippen molar-refractivity contribution in [3.05, 3.63) is 29.8 Å². The molecule has 1 heterocycles. The van der Waals surface area contributed by atoms with E-state index >= 15 is 0 Å². The number of ether oxygens (including phenoxy) is 1. The highest BCUT2D eigenvalue weighted by Crippen LogP contribution is 2.24. The Kier molecular flexibility index (Phi) is 3.64. The summed E-state index contributed by atoms with van der Waals surface area (Å²) in [7, 11) is 1.58. The molecule has 0 aromatic heterocycles. The number of benzene rings is 1. The van der Waals surface area contributed by atoms with Crippen LogP contribution in [0.2, 0.25) is 0 Å². The van der Waals surface area contributed by atoms with Crippen molar-refractivity contribution < 1.29 is 9.53 Å². The molecule has 0 radical (unpaired) electrons. The van der Waals surface area contributed by atoms with Crippen molar-refractivity contribution in [2.75, 3.05) is 20.2 Å². The van der Waals surface area contributed by atoms with E-state index in [4.69, 9.17) is 10.5 Å². The largest absolute Gasteiger partial charge is 0.496 e. The van der Waals surface area contributed by atoms with Gasteiger partial charge < -0.3 is 15.4 Å². The van der Waals surface area contributed by atoms with Gasteiger partial charge in [-0.15, -0.1) is 0 Å². The molecule has 0 saturated carbocycles. The third-order valence-electron chi connectivity index (χ3n) is 3.25. The fourth-order valence-electron chi connectivity index (χ4n) is 2.32. The van der Waals surface area contributed by atoms with Gasteiger partial charge in [0.25, 0.3) is 5.91 Å². The van der Waals surface area contributed by atoms with Crippen LogP contribution in [0.3, 0.4) is 0 Å². The molecule has 1 atom stereocenters. The molecule has 1 saturated heterocycles. The maximum absolute atomic E-state index is 12.4. The minimum absolute atomic E-state index is 0.0235. The van der Waals surface area contributed by atoms with E-state index in [9.17, 15) is 4.79 Å². The van der Waals surface area contributed by atoms with Crippen molar-refractivity contribution in [2.24, 2.45) is 5.73 Å². The van der Waals surface area contributed by atoms with Crippen molar-refractivity contribution >= 4 is 5.91 Å². The molecule has 0 bridgehead atoms. The van der Waals surface area contributed by atoms with Gasteiger partial charge in [-0.1, -0.05) is 12.1 Å². The first-order chi connectivity index (χ1) is 8.27. The smallest absolute Gasteiger partial charge is 0.257 e. The van der Waals surface area contributed by atoms with E-state index in [1.54, 1.807) is 19.2 Å². The molecular formula is C13H18N2O2. The predicted octanol–water partition coefficient (Wildman–Crippen LogP) is 1.26. The van der Waals surface area contributed by atoms with E-state index in [0.717, 1.165) is 19.4 Å². The summed E-state index contributed by atoms with van der Waals surface area (Å²) in [6.45, 7) is 1.32. The van der Waals surface area contributed by atoms with Crippen molar-refractivity contribution in [2.45, 2.75) is 18.9 Å². The Hall–Kier alpha value is -1.55. The molecule has 1 amide bonds. The van der Waals surface area contributed by atoms with Gasteiger partial charge in [0.1, 0.15) is 5.75 Å². The first-order valence-electron chi connectivity index (χ1n) is 5.92. The number of para-hydroxylation sites is 1. The summed E-state index contributed by atoms with van der Waals surface area (Å²) in [5.74, 6) is 0.649. The maximum atomic E-state index is 12.4. The summed E-state index contributed by atoms with van der Waals surface area (Å²) in [5, 5.41) is 0. The molecule has 17 heavy (non-hydrogen) atoms. The van der Waals surface area contributed by atoms with Crippen molar-refractivity contribution in [3.8, 4) is 5.75 Å². The third-order valence-corrected chi connectivity index (χ3v) is 3.25. The lowest BCUT2D eigenvalue weighted by Crippen LogP contribution is -2.40. The van der Waals surface area contributed by atoms with E-state index in [1.165, 1.54) is 0 Å². The number of methoxy groups -OCH3 is 1. The Morgan fingerprint density at radius 1 is 1.53 bits per heavy atom. The number of carbonyl (C=O) groups is 1. The molecule has 1 aliphatic heterocycles. The summed E-state index contributed by atoms with van der Waals surface area (Å²) in [6, 6.07) is 7.49. The number of nitrogens with two attached hydrogens (primary N) is 1. The molecule has 92 valence electrons. The summed E-state index contributed by atoms with van der Waals surface area (Å²) >= 11 is 0. The van der Waals surface area contributed by atoms with Gasteiger partial charge in [0.05, 0.1) is 12.7 Å². The zero-order valence-electron chi connectivity index (χ0n) is 10.1.